The summed E-state index contributed by atoms with van der Waals surface area (Å²) in [5.74, 6) is 0.343. The fraction of sp³-hybridized carbons (Fsp3) is 0.143. The molecule has 0 unspecified atom stereocenters. The molecule has 0 N–H and O–H groups in total. The molecular formula is C21H20NO2S2+. The van der Waals surface area contributed by atoms with Crippen molar-refractivity contribution in [1.82, 2.24) is 0 Å². The van der Waals surface area contributed by atoms with Gasteiger partial charge in [0.15, 0.2) is 12.4 Å². The predicted octanol–water partition coefficient (Wildman–Crippen LogP) is 4.68. The molecule has 0 radical (unpaired) electrons. The lowest BCUT2D eigenvalue weighted by molar-refractivity contribution is -0.578. The Morgan fingerprint density at radius 2 is 1.77 bits per heavy atom. The summed E-state index contributed by atoms with van der Waals surface area (Å²) in [7, 11) is 0. The highest BCUT2D eigenvalue weighted by Gasteiger charge is 2.25. The van der Waals surface area contributed by atoms with Gasteiger partial charge in [-0.3, -0.25) is 0 Å². The summed E-state index contributed by atoms with van der Waals surface area (Å²) < 4.78 is 7.60. The van der Waals surface area contributed by atoms with Gasteiger partial charge in [-0.2, -0.15) is 4.57 Å². The molecule has 2 aromatic carbocycles. The Morgan fingerprint density at radius 3 is 2.54 bits per heavy atom. The van der Waals surface area contributed by atoms with Gasteiger partial charge in [0, 0.05) is 17.9 Å². The van der Waals surface area contributed by atoms with Gasteiger partial charge in [0.05, 0.1) is 6.61 Å². The molecule has 5 heteroatoms. The molecule has 26 heavy (non-hydrogen) atoms. The molecule has 0 saturated heterocycles. The van der Waals surface area contributed by atoms with E-state index in [1.807, 2.05) is 42.7 Å². The summed E-state index contributed by atoms with van der Waals surface area (Å²) in [6.07, 6.45) is 3.64. The summed E-state index contributed by atoms with van der Waals surface area (Å²) in [6.45, 7) is 2.12. The van der Waals surface area contributed by atoms with Crippen molar-refractivity contribution in [3.63, 3.8) is 0 Å². The van der Waals surface area contributed by atoms with Crippen LogP contribution in [0.4, 0.5) is 0 Å². The van der Waals surface area contributed by atoms with Gasteiger partial charge in [-0.25, -0.2) is 4.79 Å². The molecule has 1 heterocycles. The first-order valence-corrected chi connectivity index (χ1v) is 9.80. The molecule has 132 valence electrons. The smallest absolute Gasteiger partial charge is 0.405 e. The number of pyridine rings is 1. The second-order valence-electron chi connectivity index (χ2n) is 5.58. The molecule has 0 amide bonds. The van der Waals surface area contributed by atoms with Gasteiger partial charge in [-0.15, -0.1) is 24.4 Å². The largest absolute Gasteiger partial charge is 0.458 e. The monoisotopic (exact) mass is 382 g/mol. The van der Waals surface area contributed by atoms with Crippen LogP contribution in [-0.2, 0) is 15.3 Å². The quantitative estimate of drug-likeness (QED) is 0.291. The normalized spacial score (nSPS) is 11.9. The first-order valence-electron chi connectivity index (χ1n) is 8.37. The zero-order valence-electron chi connectivity index (χ0n) is 14.5. The second-order valence-corrected chi connectivity index (χ2v) is 7.32. The highest BCUT2D eigenvalue weighted by molar-refractivity contribution is 8.15. The van der Waals surface area contributed by atoms with Crippen LogP contribution in [0.2, 0.25) is 0 Å². The zero-order chi connectivity index (χ0) is 18.4. The Balaban J connectivity index is 1.90. The van der Waals surface area contributed by atoms with Gasteiger partial charge in [0.1, 0.15) is 4.24 Å². The number of rotatable bonds is 6. The molecule has 0 fully saturated rings. The minimum absolute atomic E-state index is 0.324. The SMILES string of the molecule is CCOC(=O)/C(=C(/S)SCc1cccc2ccccc12)[n+]1ccccc1. The lowest BCUT2D eigenvalue weighted by Gasteiger charge is -2.08. The number of benzene rings is 2. The number of nitrogens with zero attached hydrogens (tertiary/aromatic N) is 1. The fourth-order valence-electron chi connectivity index (χ4n) is 2.68. The first-order chi connectivity index (χ1) is 12.7. The minimum atomic E-state index is -0.376. The van der Waals surface area contributed by atoms with Crippen molar-refractivity contribution in [3.05, 3.63) is 82.9 Å². The van der Waals surface area contributed by atoms with Gasteiger partial charge in [-0.1, -0.05) is 48.5 Å². The van der Waals surface area contributed by atoms with Gasteiger partial charge < -0.3 is 4.74 Å². The molecule has 0 spiro atoms. The van der Waals surface area contributed by atoms with Gasteiger partial charge in [-0.05, 0) is 23.3 Å². The number of thiol groups is 1. The maximum Gasteiger partial charge on any atom is 0.405 e. The summed E-state index contributed by atoms with van der Waals surface area (Å²) in [5.41, 5.74) is 1.64. The fourth-order valence-corrected chi connectivity index (χ4v) is 3.95. The van der Waals surface area contributed by atoms with Crippen molar-refractivity contribution in [1.29, 1.82) is 0 Å². The van der Waals surface area contributed by atoms with E-state index in [0.29, 0.717) is 16.5 Å². The van der Waals surface area contributed by atoms with E-state index in [-0.39, 0.29) is 5.97 Å². The van der Waals surface area contributed by atoms with Crippen molar-refractivity contribution in [2.45, 2.75) is 12.7 Å². The third kappa shape index (κ3) is 4.29. The first kappa shape index (κ1) is 18.5. The number of esters is 1. The van der Waals surface area contributed by atoms with Gasteiger partial charge >= 0.3 is 11.7 Å². The van der Waals surface area contributed by atoms with E-state index in [0.717, 1.165) is 5.75 Å². The van der Waals surface area contributed by atoms with Crippen LogP contribution < -0.4 is 4.57 Å². The van der Waals surface area contributed by atoms with E-state index in [1.54, 1.807) is 11.5 Å². The van der Waals surface area contributed by atoms with Crippen LogP contribution in [-0.4, -0.2) is 12.6 Å². The number of carbonyl (C=O) groups is 1. The van der Waals surface area contributed by atoms with Crippen LogP contribution in [0.3, 0.4) is 0 Å². The van der Waals surface area contributed by atoms with Gasteiger partial charge in [0.25, 0.3) is 0 Å². The average Bonchev–Trinajstić information content (AvgIpc) is 2.67. The molecular weight excluding hydrogens is 362 g/mol. The molecule has 3 nitrogen and oxygen atoms in total. The number of hydrogen-bond donors (Lipinski definition) is 1. The molecule has 0 saturated carbocycles. The Labute approximate surface area is 163 Å². The third-order valence-electron chi connectivity index (χ3n) is 3.89. The summed E-state index contributed by atoms with van der Waals surface area (Å²) in [4.78, 5) is 12.4. The number of ether oxygens (including phenoxy) is 1. The lowest BCUT2D eigenvalue weighted by Crippen LogP contribution is -2.36. The maximum atomic E-state index is 12.4. The van der Waals surface area contributed by atoms with E-state index in [4.69, 9.17) is 4.74 Å². The molecule has 0 bridgehead atoms. The highest BCUT2D eigenvalue weighted by atomic mass is 32.2. The van der Waals surface area contributed by atoms with Crippen LogP contribution in [0.15, 0.2) is 77.3 Å². The minimum Gasteiger partial charge on any atom is -0.458 e. The molecule has 3 rings (SSSR count). The van der Waals surface area contributed by atoms with E-state index in [9.17, 15) is 4.79 Å². The third-order valence-corrected chi connectivity index (χ3v) is 5.41. The van der Waals surface area contributed by atoms with Crippen LogP contribution in [0.5, 0.6) is 0 Å². The Hall–Kier alpha value is -2.24. The standard InChI is InChI=1S/C21H19NO2S2/c1-2-24-20(23)19(22-13-6-3-7-14-22)21(25)26-15-17-11-8-10-16-9-4-5-12-18(16)17/h3-14H,2,15H2,1H3/p+1. The molecule has 0 aliphatic carbocycles. The number of fused-ring (bicyclic) bond motifs is 1. The average molecular weight is 383 g/mol. The molecule has 3 aromatic rings. The molecule has 1 aromatic heterocycles. The van der Waals surface area contributed by atoms with E-state index < -0.39 is 0 Å². The van der Waals surface area contributed by atoms with Crippen LogP contribution in [0.1, 0.15) is 12.5 Å². The molecule has 0 aliphatic rings. The summed E-state index contributed by atoms with van der Waals surface area (Å²) in [5, 5.41) is 2.42. The van der Waals surface area contributed by atoms with Crippen LogP contribution in [0.25, 0.3) is 16.5 Å². The van der Waals surface area contributed by atoms with E-state index in [2.05, 4.69) is 43.0 Å². The van der Waals surface area contributed by atoms with Gasteiger partial charge in [0.2, 0.25) is 0 Å². The highest BCUT2D eigenvalue weighted by Crippen LogP contribution is 2.30. The number of aromatic nitrogens is 1. The van der Waals surface area contributed by atoms with Crippen molar-refractivity contribution in [3.8, 4) is 0 Å². The van der Waals surface area contributed by atoms with Crippen LogP contribution >= 0.6 is 24.4 Å². The Bertz CT molecular complexity index is 934. The topological polar surface area (TPSA) is 30.2 Å². The van der Waals surface area contributed by atoms with E-state index >= 15 is 0 Å². The molecule has 0 atom stereocenters. The Kier molecular flexibility index (Phi) is 6.36. The van der Waals surface area contributed by atoms with Crippen molar-refractivity contribution < 1.29 is 14.1 Å². The molecule has 0 aliphatic heterocycles. The number of carbonyl (C=O) groups excluding carboxylic acids is 1. The number of hydrogen-bond acceptors (Lipinski definition) is 4. The van der Waals surface area contributed by atoms with Crippen LogP contribution in [0, 0.1) is 0 Å². The lowest BCUT2D eigenvalue weighted by atomic mass is 10.1. The maximum absolute atomic E-state index is 12.4. The van der Waals surface area contributed by atoms with Crippen molar-refractivity contribution in [2.24, 2.45) is 0 Å². The Morgan fingerprint density at radius 1 is 1.04 bits per heavy atom. The zero-order valence-corrected chi connectivity index (χ0v) is 16.2. The van der Waals surface area contributed by atoms with Crippen molar-refractivity contribution >= 4 is 46.8 Å². The summed E-state index contributed by atoms with van der Waals surface area (Å²) in [6, 6.07) is 20.2. The van der Waals surface area contributed by atoms with Crippen molar-refractivity contribution in [2.75, 3.05) is 6.61 Å². The second kappa shape index (κ2) is 8.92. The van der Waals surface area contributed by atoms with E-state index in [1.165, 1.54) is 28.1 Å². The predicted molar refractivity (Wildman–Crippen MR) is 111 cm³/mol. The summed E-state index contributed by atoms with van der Waals surface area (Å²) >= 11 is 6.14. The number of thioether (sulfide) groups is 1.